The Morgan fingerprint density at radius 3 is 2.84 bits per heavy atom. The number of anilines is 1. The monoisotopic (exact) mass is 433 g/mol. The van der Waals surface area contributed by atoms with Crippen molar-refractivity contribution in [2.45, 2.75) is 44.7 Å². The number of rotatable bonds is 8. The van der Waals surface area contributed by atoms with Gasteiger partial charge >= 0.3 is 0 Å². The van der Waals surface area contributed by atoms with Crippen LogP contribution < -0.4 is 15.0 Å². The van der Waals surface area contributed by atoms with Crippen LogP contribution in [0.25, 0.3) is 11.3 Å². The standard InChI is InChI=1S/C24H31N7O/c1-32-23-10-19(12-25-14-23)24-17-31(29-28-24)16-21-7-8-22(13-27-21)30-9-3-6-20(15-30)26-11-18-4-2-5-18/h7-8,10,12-14,17-18,20,26H,2-6,9,11,15-16H2,1H3/t20-/m1/s1. The van der Waals surface area contributed by atoms with Gasteiger partial charge in [-0.1, -0.05) is 11.6 Å². The van der Waals surface area contributed by atoms with Gasteiger partial charge in [0.2, 0.25) is 0 Å². The Labute approximate surface area is 189 Å². The van der Waals surface area contributed by atoms with Gasteiger partial charge in [-0.3, -0.25) is 9.97 Å². The first kappa shape index (κ1) is 20.9. The van der Waals surface area contributed by atoms with E-state index < -0.39 is 0 Å². The van der Waals surface area contributed by atoms with E-state index in [0.717, 1.165) is 36.0 Å². The van der Waals surface area contributed by atoms with Crippen molar-refractivity contribution in [1.29, 1.82) is 0 Å². The van der Waals surface area contributed by atoms with E-state index in [1.54, 1.807) is 24.2 Å². The van der Waals surface area contributed by atoms with Crippen LogP contribution in [0.4, 0.5) is 5.69 Å². The summed E-state index contributed by atoms with van der Waals surface area (Å²) in [5.74, 6) is 1.61. The van der Waals surface area contributed by atoms with Crippen LogP contribution in [0.1, 0.15) is 37.8 Å². The van der Waals surface area contributed by atoms with Gasteiger partial charge in [-0.25, -0.2) is 4.68 Å². The van der Waals surface area contributed by atoms with Crippen molar-refractivity contribution in [2.75, 3.05) is 31.6 Å². The molecule has 32 heavy (non-hydrogen) atoms. The Morgan fingerprint density at radius 1 is 1.12 bits per heavy atom. The van der Waals surface area contributed by atoms with Gasteiger partial charge in [0.15, 0.2) is 0 Å². The molecule has 1 saturated carbocycles. The van der Waals surface area contributed by atoms with Crippen LogP contribution in [0, 0.1) is 5.92 Å². The lowest BCUT2D eigenvalue weighted by Crippen LogP contribution is -2.47. The first-order valence-electron chi connectivity index (χ1n) is 11.6. The molecule has 3 aromatic heterocycles. The van der Waals surface area contributed by atoms with Crippen LogP contribution in [-0.4, -0.2) is 57.7 Å². The second kappa shape index (κ2) is 9.65. The fourth-order valence-corrected chi connectivity index (χ4v) is 4.45. The predicted octanol–water partition coefficient (Wildman–Crippen LogP) is 3.15. The number of nitrogens with one attached hydrogen (secondary N) is 1. The number of methoxy groups -OCH3 is 1. The third-order valence-electron chi connectivity index (χ3n) is 6.62. The SMILES string of the molecule is COc1cncc(-c2cn(Cc3ccc(N4CCC[C@@H](NCC5CCC5)C4)cn3)nn2)c1. The van der Waals surface area contributed by atoms with Crippen LogP contribution in [-0.2, 0) is 6.54 Å². The predicted molar refractivity (Wildman–Crippen MR) is 124 cm³/mol. The van der Waals surface area contributed by atoms with Crippen LogP contribution in [0.15, 0.2) is 43.0 Å². The average molecular weight is 434 g/mol. The molecule has 0 spiro atoms. The van der Waals surface area contributed by atoms with Crippen LogP contribution in [0.5, 0.6) is 5.75 Å². The molecule has 0 aromatic carbocycles. The number of hydrogen-bond donors (Lipinski definition) is 1. The van der Waals surface area contributed by atoms with Crippen LogP contribution >= 0.6 is 0 Å². The first-order chi connectivity index (χ1) is 15.8. The van der Waals surface area contributed by atoms with Gasteiger partial charge in [0.1, 0.15) is 11.4 Å². The molecule has 1 N–H and O–H groups in total. The Kier molecular flexibility index (Phi) is 6.29. The molecule has 0 bridgehead atoms. The lowest BCUT2D eigenvalue weighted by molar-refractivity contribution is 0.280. The zero-order valence-electron chi connectivity index (χ0n) is 18.7. The highest BCUT2D eigenvalue weighted by Gasteiger charge is 2.23. The van der Waals surface area contributed by atoms with Crippen LogP contribution in [0.3, 0.4) is 0 Å². The fourth-order valence-electron chi connectivity index (χ4n) is 4.45. The molecule has 1 atom stereocenters. The van der Waals surface area contributed by atoms with E-state index in [-0.39, 0.29) is 0 Å². The number of nitrogens with zero attached hydrogens (tertiary/aromatic N) is 6. The van der Waals surface area contributed by atoms with Crippen molar-refractivity contribution in [3.63, 3.8) is 0 Å². The molecule has 8 nitrogen and oxygen atoms in total. The second-order valence-corrected chi connectivity index (χ2v) is 8.91. The lowest BCUT2D eigenvalue weighted by Gasteiger charge is -2.36. The molecule has 0 amide bonds. The minimum atomic E-state index is 0.580. The number of aromatic nitrogens is 5. The maximum absolute atomic E-state index is 5.24. The Hall–Kier alpha value is -3.00. The van der Waals surface area contributed by atoms with E-state index in [1.807, 2.05) is 18.5 Å². The lowest BCUT2D eigenvalue weighted by atomic mass is 9.85. The minimum Gasteiger partial charge on any atom is -0.495 e. The van der Waals surface area contributed by atoms with Gasteiger partial charge in [0.05, 0.1) is 43.6 Å². The second-order valence-electron chi connectivity index (χ2n) is 8.91. The molecule has 1 saturated heterocycles. The highest BCUT2D eigenvalue weighted by atomic mass is 16.5. The molecule has 8 heteroatoms. The van der Waals surface area contributed by atoms with Crippen molar-refractivity contribution in [3.05, 3.63) is 48.7 Å². The molecule has 0 radical (unpaired) electrons. The summed E-state index contributed by atoms with van der Waals surface area (Å²) in [6.07, 6.45) is 14.1. The molecule has 2 fully saturated rings. The number of ether oxygens (including phenoxy) is 1. The topological polar surface area (TPSA) is 81.0 Å². The zero-order valence-corrected chi connectivity index (χ0v) is 18.7. The molecule has 2 aliphatic rings. The maximum Gasteiger partial charge on any atom is 0.137 e. The Bertz CT molecular complexity index is 1020. The summed E-state index contributed by atoms with van der Waals surface area (Å²) in [5.41, 5.74) is 3.81. The van der Waals surface area contributed by atoms with Crippen molar-refractivity contribution in [2.24, 2.45) is 5.92 Å². The van der Waals surface area contributed by atoms with Gasteiger partial charge in [0, 0.05) is 30.9 Å². The fraction of sp³-hybridized carbons (Fsp3) is 0.500. The van der Waals surface area contributed by atoms with E-state index in [4.69, 9.17) is 9.72 Å². The first-order valence-corrected chi connectivity index (χ1v) is 11.6. The molecular formula is C24H31N7O. The van der Waals surface area contributed by atoms with Gasteiger partial charge in [-0.15, -0.1) is 5.10 Å². The van der Waals surface area contributed by atoms with Crippen molar-refractivity contribution < 1.29 is 4.74 Å². The summed E-state index contributed by atoms with van der Waals surface area (Å²) in [5, 5.41) is 12.3. The van der Waals surface area contributed by atoms with E-state index in [0.29, 0.717) is 18.3 Å². The van der Waals surface area contributed by atoms with E-state index in [1.165, 1.54) is 44.3 Å². The highest BCUT2D eigenvalue weighted by molar-refractivity contribution is 5.58. The van der Waals surface area contributed by atoms with Crippen LogP contribution in [0.2, 0.25) is 0 Å². The molecule has 1 aliphatic carbocycles. The van der Waals surface area contributed by atoms with Gasteiger partial charge < -0.3 is 15.0 Å². The molecule has 0 unspecified atom stereocenters. The van der Waals surface area contributed by atoms with Gasteiger partial charge in [-0.05, 0) is 56.3 Å². The van der Waals surface area contributed by atoms with Gasteiger partial charge in [0.25, 0.3) is 0 Å². The molecule has 168 valence electrons. The minimum absolute atomic E-state index is 0.580. The molecule has 5 rings (SSSR count). The maximum atomic E-state index is 5.24. The largest absolute Gasteiger partial charge is 0.495 e. The smallest absolute Gasteiger partial charge is 0.137 e. The quantitative estimate of drug-likeness (QED) is 0.584. The van der Waals surface area contributed by atoms with Crippen molar-refractivity contribution >= 4 is 5.69 Å². The Balaban J connectivity index is 1.18. The Morgan fingerprint density at radius 2 is 2.06 bits per heavy atom. The van der Waals surface area contributed by atoms with Crippen molar-refractivity contribution in [3.8, 4) is 17.0 Å². The summed E-state index contributed by atoms with van der Waals surface area (Å²) in [4.78, 5) is 11.3. The third kappa shape index (κ3) is 4.91. The number of piperidine rings is 1. The molecular weight excluding hydrogens is 402 g/mol. The van der Waals surface area contributed by atoms with Gasteiger partial charge in [-0.2, -0.15) is 0 Å². The number of hydrogen-bond acceptors (Lipinski definition) is 7. The van der Waals surface area contributed by atoms with Crippen molar-refractivity contribution in [1.82, 2.24) is 30.3 Å². The number of pyridine rings is 2. The van der Waals surface area contributed by atoms with E-state index in [2.05, 4.69) is 37.6 Å². The summed E-state index contributed by atoms with van der Waals surface area (Å²) in [6, 6.07) is 6.76. The summed E-state index contributed by atoms with van der Waals surface area (Å²) in [7, 11) is 1.63. The third-order valence-corrected chi connectivity index (χ3v) is 6.62. The normalized spacial score (nSPS) is 19.0. The summed E-state index contributed by atoms with van der Waals surface area (Å²) < 4.78 is 7.05. The summed E-state index contributed by atoms with van der Waals surface area (Å²) >= 11 is 0. The molecule has 1 aliphatic heterocycles. The molecule has 3 aromatic rings. The zero-order chi connectivity index (χ0) is 21.8. The van der Waals surface area contributed by atoms with E-state index in [9.17, 15) is 0 Å². The molecule has 4 heterocycles. The average Bonchev–Trinajstić information content (AvgIpc) is 3.27. The summed E-state index contributed by atoms with van der Waals surface area (Å²) in [6.45, 7) is 3.93. The highest BCUT2D eigenvalue weighted by Crippen LogP contribution is 2.26. The van der Waals surface area contributed by atoms with E-state index >= 15 is 0 Å².